The minimum absolute atomic E-state index is 0.0220. The zero-order chi connectivity index (χ0) is 12.3. The molecule has 2 rings (SSSR count). The summed E-state index contributed by atoms with van der Waals surface area (Å²) >= 11 is 0. The quantitative estimate of drug-likeness (QED) is 0.826. The number of carbonyl (C=O) groups excluding carboxylic acids is 1. The largest absolute Gasteiger partial charge is 0.379 e. The van der Waals surface area contributed by atoms with Gasteiger partial charge in [0.25, 0.3) is 0 Å². The van der Waals surface area contributed by atoms with E-state index in [0.29, 0.717) is 18.7 Å². The SMILES string of the molecule is Cc1ccc(F)c(NC2CCCNC(=O)C2)c1. The molecule has 2 N–H and O–H groups in total. The molecule has 1 aromatic rings. The van der Waals surface area contributed by atoms with Crippen LogP contribution in [0.1, 0.15) is 24.8 Å². The van der Waals surface area contributed by atoms with Gasteiger partial charge in [-0.25, -0.2) is 4.39 Å². The predicted octanol–water partition coefficient (Wildman–Crippen LogP) is 2.21. The Balaban J connectivity index is 2.08. The Morgan fingerprint density at radius 3 is 3.12 bits per heavy atom. The van der Waals surface area contributed by atoms with Crippen molar-refractivity contribution in [2.75, 3.05) is 11.9 Å². The Bertz CT molecular complexity index is 420. The first-order valence-corrected chi connectivity index (χ1v) is 5.94. The molecular weight excluding hydrogens is 219 g/mol. The third kappa shape index (κ3) is 3.19. The lowest BCUT2D eigenvalue weighted by atomic mass is 10.1. The van der Waals surface area contributed by atoms with Gasteiger partial charge in [-0.3, -0.25) is 4.79 Å². The summed E-state index contributed by atoms with van der Waals surface area (Å²) in [5.74, 6) is -0.228. The average molecular weight is 236 g/mol. The second-order valence-electron chi connectivity index (χ2n) is 4.52. The lowest BCUT2D eigenvalue weighted by molar-refractivity contribution is -0.120. The summed E-state index contributed by atoms with van der Waals surface area (Å²) in [6.07, 6.45) is 2.22. The molecule has 0 bridgehead atoms. The molecular formula is C13H17FN2O. The van der Waals surface area contributed by atoms with Gasteiger partial charge in [-0.15, -0.1) is 0 Å². The number of nitrogens with one attached hydrogen (secondary N) is 2. The van der Waals surface area contributed by atoms with Crippen molar-refractivity contribution >= 4 is 11.6 Å². The summed E-state index contributed by atoms with van der Waals surface area (Å²) in [6.45, 7) is 2.64. The van der Waals surface area contributed by atoms with Crippen LogP contribution < -0.4 is 10.6 Å². The predicted molar refractivity (Wildman–Crippen MR) is 65.4 cm³/mol. The monoisotopic (exact) mass is 236 g/mol. The second-order valence-corrected chi connectivity index (χ2v) is 4.52. The highest BCUT2D eigenvalue weighted by Crippen LogP contribution is 2.19. The first-order chi connectivity index (χ1) is 8.15. The van der Waals surface area contributed by atoms with Gasteiger partial charge in [0.1, 0.15) is 5.82 Å². The molecule has 1 saturated heterocycles. The fourth-order valence-electron chi connectivity index (χ4n) is 2.07. The highest BCUT2D eigenvalue weighted by molar-refractivity contribution is 5.77. The number of anilines is 1. The van der Waals surface area contributed by atoms with Crippen molar-refractivity contribution in [3.8, 4) is 0 Å². The lowest BCUT2D eigenvalue weighted by Gasteiger charge is -2.17. The molecule has 1 atom stereocenters. The molecule has 3 nitrogen and oxygen atoms in total. The van der Waals surface area contributed by atoms with E-state index in [0.717, 1.165) is 18.4 Å². The van der Waals surface area contributed by atoms with E-state index >= 15 is 0 Å². The molecule has 1 fully saturated rings. The van der Waals surface area contributed by atoms with Gasteiger partial charge in [0.15, 0.2) is 0 Å². The fourth-order valence-corrected chi connectivity index (χ4v) is 2.07. The van der Waals surface area contributed by atoms with E-state index in [1.54, 1.807) is 12.1 Å². The molecule has 0 aliphatic carbocycles. The molecule has 1 amide bonds. The fraction of sp³-hybridized carbons (Fsp3) is 0.462. The third-order valence-corrected chi connectivity index (χ3v) is 2.96. The zero-order valence-corrected chi connectivity index (χ0v) is 9.92. The molecule has 1 aromatic carbocycles. The van der Waals surface area contributed by atoms with Gasteiger partial charge >= 0.3 is 0 Å². The van der Waals surface area contributed by atoms with E-state index < -0.39 is 0 Å². The molecule has 92 valence electrons. The molecule has 1 heterocycles. The minimum atomic E-state index is -0.264. The van der Waals surface area contributed by atoms with E-state index in [2.05, 4.69) is 10.6 Å². The second kappa shape index (κ2) is 5.17. The first kappa shape index (κ1) is 11.9. The molecule has 4 heteroatoms. The van der Waals surface area contributed by atoms with E-state index in [-0.39, 0.29) is 17.8 Å². The number of rotatable bonds is 2. The standard InChI is InChI=1S/C13H17FN2O/c1-9-4-5-11(14)12(7-9)16-10-3-2-6-15-13(17)8-10/h4-5,7,10,16H,2-3,6,8H2,1H3,(H,15,17). The average Bonchev–Trinajstić information content (AvgIpc) is 2.48. The van der Waals surface area contributed by atoms with Crippen LogP contribution in [0.3, 0.4) is 0 Å². The van der Waals surface area contributed by atoms with Crippen LogP contribution in [0.15, 0.2) is 18.2 Å². The molecule has 1 unspecified atom stereocenters. The van der Waals surface area contributed by atoms with Gasteiger partial charge in [0, 0.05) is 19.0 Å². The molecule has 17 heavy (non-hydrogen) atoms. The van der Waals surface area contributed by atoms with E-state index in [9.17, 15) is 9.18 Å². The number of hydrogen-bond donors (Lipinski definition) is 2. The van der Waals surface area contributed by atoms with Crippen molar-refractivity contribution in [1.29, 1.82) is 0 Å². The van der Waals surface area contributed by atoms with Crippen molar-refractivity contribution in [2.45, 2.75) is 32.2 Å². The molecule has 0 radical (unpaired) electrons. The van der Waals surface area contributed by atoms with Crippen LogP contribution in [0.4, 0.5) is 10.1 Å². The molecule has 1 aliphatic heterocycles. The van der Waals surface area contributed by atoms with Crippen LogP contribution in [-0.4, -0.2) is 18.5 Å². The van der Waals surface area contributed by atoms with Gasteiger partial charge in [-0.1, -0.05) is 6.07 Å². The smallest absolute Gasteiger partial charge is 0.222 e. The van der Waals surface area contributed by atoms with Crippen LogP contribution in [0.2, 0.25) is 0 Å². The van der Waals surface area contributed by atoms with Gasteiger partial charge in [0.2, 0.25) is 5.91 Å². The summed E-state index contributed by atoms with van der Waals surface area (Å²) < 4.78 is 13.6. The maximum Gasteiger partial charge on any atom is 0.222 e. The van der Waals surface area contributed by atoms with E-state index in [1.807, 2.05) is 6.92 Å². The highest BCUT2D eigenvalue weighted by Gasteiger charge is 2.18. The summed E-state index contributed by atoms with van der Waals surface area (Å²) in [5, 5.41) is 5.94. The molecule has 0 aromatic heterocycles. The van der Waals surface area contributed by atoms with Gasteiger partial charge in [0.05, 0.1) is 5.69 Å². The number of hydrogen-bond acceptors (Lipinski definition) is 2. The van der Waals surface area contributed by atoms with Crippen molar-refractivity contribution in [1.82, 2.24) is 5.32 Å². The maximum atomic E-state index is 13.6. The van der Waals surface area contributed by atoms with E-state index in [4.69, 9.17) is 0 Å². The maximum absolute atomic E-state index is 13.6. The highest BCUT2D eigenvalue weighted by atomic mass is 19.1. The van der Waals surface area contributed by atoms with Gasteiger partial charge in [-0.05, 0) is 37.5 Å². The topological polar surface area (TPSA) is 41.1 Å². The van der Waals surface area contributed by atoms with Crippen molar-refractivity contribution in [2.24, 2.45) is 0 Å². The van der Waals surface area contributed by atoms with Crippen molar-refractivity contribution < 1.29 is 9.18 Å². The Kier molecular flexibility index (Phi) is 3.61. The molecule has 0 saturated carbocycles. The summed E-state index contributed by atoms with van der Waals surface area (Å²) in [6, 6.07) is 4.99. The Hall–Kier alpha value is -1.58. The normalized spacial score (nSPS) is 20.6. The minimum Gasteiger partial charge on any atom is -0.379 e. The van der Waals surface area contributed by atoms with Crippen LogP contribution in [0, 0.1) is 12.7 Å². The van der Waals surface area contributed by atoms with Crippen LogP contribution in [-0.2, 0) is 4.79 Å². The van der Waals surface area contributed by atoms with Gasteiger partial charge < -0.3 is 10.6 Å². The summed E-state index contributed by atoms with van der Waals surface area (Å²) in [7, 11) is 0. The summed E-state index contributed by atoms with van der Waals surface area (Å²) in [5.41, 5.74) is 1.50. The Morgan fingerprint density at radius 1 is 1.47 bits per heavy atom. The molecule has 0 spiro atoms. The number of amides is 1. The zero-order valence-electron chi connectivity index (χ0n) is 9.92. The van der Waals surface area contributed by atoms with Crippen molar-refractivity contribution in [3.05, 3.63) is 29.6 Å². The van der Waals surface area contributed by atoms with Crippen LogP contribution >= 0.6 is 0 Å². The van der Waals surface area contributed by atoms with Crippen LogP contribution in [0.5, 0.6) is 0 Å². The molecule has 1 aliphatic rings. The Morgan fingerprint density at radius 2 is 2.29 bits per heavy atom. The number of halogens is 1. The Labute approximate surface area is 100 Å². The third-order valence-electron chi connectivity index (χ3n) is 2.96. The lowest BCUT2D eigenvalue weighted by Crippen LogP contribution is -2.27. The number of carbonyl (C=O) groups is 1. The summed E-state index contributed by atoms with van der Waals surface area (Å²) in [4.78, 5) is 11.4. The number of aryl methyl sites for hydroxylation is 1. The van der Waals surface area contributed by atoms with Crippen LogP contribution in [0.25, 0.3) is 0 Å². The number of benzene rings is 1. The first-order valence-electron chi connectivity index (χ1n) is 5.94. The van der Waals surface area contributed by atoms with Gasteiger partial charge in [-0.2, -0.15) is 0 Å². The van der Waals surface area contributed by atoms with E-state index in [1.165, 1.54) is 6.07 Å². The van der Waals surface area contributed by atoms with Crippen molar-refractivity contribution in [3.63, 3.8) is 0 Å².